The maximum atomic E-state index is 10.3. The van der Waals surface area contributed by atoms with Gasteiger partial charge in [-0.05, 0) is 13.8 Å². The molecule has 2 heterocycles. The third-order valence-corrected chi connectivity index (χ3v) is 3.64. The number of aliphatic hydroxyl groups excluding tert-OH is 1. The van der Waals surface area contributed by atoms with E-state index in [0.29, 0.717) is 19.0 Å². The first-order chi connectivity index (χ1) is 9.45. The molecule has 0 amide bonds. The van der Waals surface area contributed by atoms with Crippen molar-refractivity contribution in [3.05, 3.63) is 18.2 Å². The Balaban J connectivity index is 1.88. The average molecular weight is 281 g/mol. The maximum Gasteiger partial charge on any atom is 0.111 e. The summed E-state index contributed by atoms with van der Waals surface area (Å²) in [5.41, 5.74) is 0. The summed E-state index contributed by atoms with van der Waals surface area (Å²) >= 11 is 0. The normalized spacial score (nSPS) is 26.1. The third-order valence-electron chi connectivity index (χ3n) is 3.64. The van der Waals surface area contributed by atoms with Gasteiger partial charge in [0.2, 0.25) is 0 Å². The van der Waals surface area contributed by atoms with E-state index in [1.807, 2.05) is 6.20 Å². The van der Waals surface area contributed by atoms with Gasteiger partial charge in [-0.15, -0.1) is 0 Å². The number of imidazole rings is 1. The monoisotopic (exact) mass is 281 g/mol. The Hall–Kier alpha value is -0.910. The summed E-state index contributed by atoms with van der Waals surface area (Å²) in [7, 11) is 0. The van der Waals surface area contributed by atoms with E-state index in [9.17, 15) is 5.11 Å². The van der Waals surface area contributed by atoms with Crippen LogP contribution in [-0.2, 0) is 11.3 Å². The van der Waals surface area contributed by atoms with Crippen molar-refractivity contribution in [2.45, 2.75) is 58.5 Å². The molecule has 0 saturated carbocycles. The summed E-state index contributed by atoms with van der Waals surface area (Å²) in [5.74, 6) is 1.41. The molecular formula is C15H27N3O2. The third kappa shape index (κ3) is 4.04. The smallest absolute Gasteiger partial charge is 0.111 e. The van der Waals surface area contributed by atoms with Gasteiger partial charge >= 0.3 is 0 Å². The van der Waals surface area contributed by atoms with Crippen LogP contribution < -0.4 is 0 Å². The van der Waals surface area contributed by atoms with Crippen molar-refractivity contribution in [3.63, 3.8) is 0 Å². The molecule has 0 aliphatic carbocycles. The number of nitrogens with zero attached hydrogens (tertiary/aromatic N) is 3. The first-order valence-electron chi connectivity index (χ1n) is 7.52. The van der Waals surface area contributed by atoms with Gasteiger partial charge in [0.25, 0.3) is 0 Å². The van der Waals surface area contributed by atoms with Crippen LogP contribution in [0.1, 0.15) is 39.4 Å². The highest BCUT2D eigenvalue weighted by molar-refractivity contribution is 4.98. The van der Waals surface area contributed by atoms with E-state index in [2.05, 4.69) is 42.1 Å². The minimum absolute atomic E-state index is 0.241. The van der Waals surface area contributed by atoms with Crippen molar-refractivity contribution in [1.82, 2.24) is 14.5 Å². The molecule has 0 radical (unpaired) electrons. The van der Waals surface area contributed by atoms with Crippen LogP contribution in [0.5, 0.6) is 0 Å². The standard InChI is InChI=1S/C15H27N3O2/c1-11(2)15-16-5-6-18(15)10-14(19)9-17-7-12(3)20-13(4)8-17/h5-6,11-14,19H,7-10H2,1-4H3/t12-,13-,14+/m1/s1. The average Bonchev–Trinajstić information content (AvgIpc) is 2.75. The topological polar surface area (TPSA) is 50.5 Å². The van der Waals surface area contributed by atoms with E-state index >= 15 is 0 Å². The minimum atomic E-state index is -0.376. The summed E-state index contributed by atoms with van der Waals surface area (Å²) in [6.45, 7) is 11.5. The van der Waals surface area contributed by atoms with Crippen LogP contribution >= 0.6 is 0 Å². The highest BCUT2D eigenvalue weighted by Gasteiger charge is 2.24. The Bertz CT molecular complexity index is 409. The fourth-order valence-electron chi connectivity index (χ4n) is 2.99. The van der Waals surface area contributed by atoms with Gasteiger partial charge in [-0.1, -0.05) is 13.8 Å². The lowest BCUT2D eigenvalue weighted by molar-refractivity contribution is -0.0773. The molecule has 114 valence electrons. The molecule has 1 aliphatic heterocycles. The second kappa shape index (κ2) is 6.70. The summed E-state index contributed by atoms with van der Waals surface area (Å²) in [6, 6.07) is 0. The first-order valence-corrected chi connectivity index (χ1v) is 7.52. The van der Waals surface area contributed by atoms with Crippen molar-refractivity contribution in [3.8, 4) is 0 Å². The fourth-order valence-corrected chi connectivity index (χ4v) is 2.99. The number of ether oxygens (including phenoxy) is 1. The maximum absolute atomic E-state index is 10.3. The van der Waals surface area contributed by atoms with Gasteiger partial charge in [-0.2, -0.15) is 0 Å². The zero-order chi connectivity index (χ0) is 14.7. The summed E-state index contributed by atoms with van der Waals surface area (Å²) in [4.78, 5) is 6.65. The van der Waals surface area contributed by atoms with Crippen molar-refractivity contribution in [2.24, 2.45) is 0 Å². The number of aromatic nitrogens is 2. The summed E-state index contributed by atoms with van der Waals surface area (Å²) in [6.07, 6.45) is 3.86. The lowest BCUT2D eigenvalue weighted by Crippen LogP contribution is -2.48. The number of β-amino-alcohol motifs (C(OH)–C–C–N with tert-alkyl or cyclic N) is 1. The highest BCUT2D eigenvalue weighted by atomic mass is 16.5. The zero-order valence-corrected chi connectivity index (χ0v) is 13.0. The second-order valence-corrected chi connectivity index (χ2v) is 6.22. The van der Waals surface area contributed by atoms with Crippen LogP contribution in [0.3, 0.4) is 0 Å². The number of morpholine rings is 1. The molecule has 1 aliphatic rings. The van der Waals surface area contributed by atoms with E-state index in [0.717, 1.165) is 18.9 Å². The molecule has 1 N–H and O–H groups in total. The van der Waals surface area contributed by atoms with Crippen LogP contribution in [0.25, 0.3) is 0 Å². The van der Waals surface area contributed by atoms with Crippen LogP contribution in [0.4, 0.5) is 0 Å². The molecule has 1 fully saturated rings. The molecule has 1 aromatic rings. The van der Waals surface area contributed by atoms with Gasteiger partial charge in [0.15, 0.2) is 0 Å². The Kier molecular flexibility index (Phi) is 5.18. The Morgan fingerprint density at radius 2 is 1.95 bits per heavy atom. The van der Waals surface area contributed by atoms with Crippen molar-refractivity contribution in [1.29, 1.82) is 0 Å². The van der Waals surface area contributed by atoms with E-state index in [-0.39, 0.29) is 18.3 Å². The molecular weight excluding hydrogens is 254 g/mol. The quantitative estimate of drug-likeness (QED) is 0.888. The van der Waals surface area contributed by atoms with E-state index in [1.54, 1.807) is 6.20 Å². The molecule has 0 spiro atoms. The lowest BCUT2D eigenvalue weighted by atomic mass is 10.2. The largest absolute Gasteiger partial charge is 0.390 e. The van der Waals surface area contributed by atoms with Gasteiger partial charge in [0.05, 0.1) is 24.9 Å². The molecule has 2 rings (SSSR count). The lowest BCUT2D eigenvalue weighted by Gasteiger charge is -2.36. The molecule has 1 saturated heterocycles. The summed E-state index contributed by atoms with van der Waals surface area (Å²) < 4.78 is 7.77. The molecule has 3 atom stereocenters. The van der Waals surface area contributed by atoms with Crippen LogP contribution in [-0.4, -0.2) is 57.5 Å². The Morgan fingerprint density at radius 3 is 2.55 bits per heavy atom. The summed E-state index contributed by atoms with van der Waals surface area (Å²) in [5, 5.41) is 10.3. The van der Waals surface area contributed by atoms with Crippen molar-refractivity contribution in [2.75, 3.05) is 19.6 Å². The SMILES string of the molecule is CC(C)c1nccn1C[C@@H](O)CN1C[C@@H](C)O[C@H](C)C1. The van der Waals surface area contributed by atoms with E-state index in [4.69, 9.17) is 4.74 Å². The first kappa shape index (κ1) is 15.5. The van der Waals surface area contributed by atoms with Gasteiger partial charge in [0.1, 0.15) is 5.82 Å². The number of rotatable bonds is 5. The molecule has 5 heteroatoms. The van der Waals surface area contributed by atoms with Crippen LogP contribution in [0.15, 0.2) is 12.4 Å². The van der Waals surface area contributed by atoms with Gasteiger partial charge in [-0.25, -0.2) is 4.98 Å². The van der Waals surface area contributed by atoms with Gasteiger partial charge in [-0.3, -0.25) is 4.90 Å². The van der Waals surface area contributed by atoms with Crippen molar-refractivity contribution >= 4 is 0 Å². The van der Waals surface area contributed by atoms with Crippen molar-refractivity contribution < 1.29 is 9.84 Å². The molecule has 5 nitrogen and oxygen atoms in total. The molecule has 0 unspecified atom stereocenters. The van der Waals surface area contributed by atoms with E-state index < -0.39 is 0 Å². The number of hydrogen-bond donors (Lipinski definition) is 1. The minimum Gasteiger partial charge on any atom is -0.390 e. The fraction of sp³-hybridized carbons (Fsp3) is 0.800. The zero-order valence-electron chi connectivity index (χ0n) is 13.0. The molecule has 0 bridgehead atoms. The van der Waals surface area contributed by atoms with Crippen LogP contribution in [0, 0.1) is 0 Å². The predicted octanol–water partition coefficient (Wildman–Crippen LogP) is 1.48. The van der Waals surface area contributed by atoms with Gasteiger partial charge < -0.3 is 14.4 Å². The van der Waals surface area contributed by atoms with Gasteiger partial charge in [0, 0.05) is 37.9 Å². The highest BCUT2D eigenvalue weighted by Crippen LogP contribution is 2.14. The molecule has 20 heavy (non-hydrogen) atoms. The van der Waals surface area contributed by atoms with Crippen LogP contribution in [0.2, 0.25) is 0 Å². The molecule has 0 aromatic carbocycles. The Morgan fingerprint density at radius 1 is 1.30 bits per heavy atom. The predicted molar refractivity (Wildman–Crippen MR) is 78.8 cm³/mol. The second-order valence-electron chi connectivity index (χ2n) is 6.22. The number of hydrogen-bond acceptors (Lipinski definition) is 4. The number of aliphatic hydroxyl groups is 1. The van der Waals surface area contributed by atoms with E-state index in [1.165, 1.54) is 0 Å². The Labute approximate surface area is 121 Å². The molecule has 1 aromatic heterocycles.